The fourth-order valence-electron chi connectivity index (χ4n) is 1.75. The van der Waals surface area contributed by atoms with Gasteiger partial charge in [0, 0.05) is 5.69 Å². The molecule has 0 aliphatic carbocycles. The van der Waals surface area contributed by atoms with Gasteiger partial charge < -0.3 is 15.5 Å². The molecule has 1 aromatic heterocycles. The highest BCUT2D eigenvalue weighted by Gasteiger charge is 2.15. The average Bonchev–Trinajstić information content (AvgIpc) is 2.85. The molecule has 1 atom stereocenters. The van der Waals surface area contributed by atoms with Crippen LogP contribution >= 0.6 is 0 Å². The highest BCUT2D eigenvalue weighted by Crippen LogP contribution is 2.17. The Morgan fingerprint density at radius 3 is 2.83 bits per heavy atom. The van der Waals surface area contributed by atoms with E-state index in [2.05, 4.69) is 5.32 Å². The Balaban J connectivity index is 2.15. The van der Waals surface area contributed by atoms with Gasteiger partial charge in [-0.05, 0) is 38.1 Å². The Kier molecular flexibility index (Phi) is 3.37. The molecular weight excluding hydrogens is 228 g/mol. The van der Waals surface area contributed by atoms with Gasteiger partial charge in [-0.25, -0.2) is 0 Å². The van der Waals surface area contributed by atoms with Crippen LogP contribution in [0.1, 0.15) is 34.6 Å². The van der Waals surface area contributed by atoms with E-state index >= 15 is 0 Å². The Hall–Kier alpha value is -2.23. The van der Waals surface area contributed by atoms with Crippen LogP contribution in [0.4, 0.5) is 5.69 Å². The molecular formula is C14H16N2O2. The molecule has 2 rings (SSSR count). The van der Waals surface area contributed by atoms with Gasteiger partial charge >= 0.3 is 0 Å². The van der Waals surface area contributed by atoms with Gasteiger partial charge in [0.1, 0.15) is 5.76 Å². The Bertz CT molecular complexity index is 547. The predicted molar refractivity (Wildman–Crippen MR) is 70.2 cm³/mol. The predicted octanol–water partition coefficient (Wildman–Crippen LogP) is 2.66. The van der Waals surface area contributed by atoms with Crippen molar-refractivity contribution in [1.82, 2.24) is 5.32 Å². The van der Waals surface area contributed by atoms with Crippen LogP contribution in [0.5, 0.6) is 0 Å². The minimum Gasteiger partial charge on any atom is -0.467 e. The summed E-state index contributed by atoms with van der Waals surface area (Å²) in [7, 11) is 0. The third-order valence-corrected chi connectivity index (χ3v) is 2.77. The molecule has 1 aromatic carbocycles. The third-order valence-electron chi connectivity index (χ3n) is 2.77. The summed E-state index contributed by atoms with van der Waals surface area (Å²) < 4.78 is 5.24. The van der Waals surface area contributed by atoms with E-state index in [1.165, 1.54) is 0 Å². The number of benzene rings is 1. The molecule has 0 bridgehead atoms. The SMILES string of the molecule is Cc1ccc(N)c(C(=O)N[C@@H](C)c2ccco2)c1. The molecule has 18 heavy (non-hydrogen) atoms. The second kappa shape index (κ2) is 4.96. The number of anilines is 1. The monoisotopic (exact) mass is 244 g/mol. The van der Waals surface area contributed by atoms with Crippen molar-refractivity contribution in [3.05, 3.63) is 53.5 Å². The first kappa shape index (κ1) is 12.2. The van der Waals surface area contributed by atoms with Gasteiger partial charge in [0.05, 0.1) is 17.9 Å². The number of hydrogen-bond donors (Lipinski definition) is 2. The molecule has 1 amide bonds. The van der Waals surface area contributed by atoms with Gasteiger partial charge in [-0.15, -0.1) is 0 Å². The van der Waals surface area contributed by atoms with Gasteiger partial charge in [-0.1, -0.05) is 11.6 Å². The topological polar surface area (TPSA) is 68.3 Å². The van der Waals surface area contributed by atoms with Crippen molar-refractivity contribution in [2.24, 2.45) is 0 Å². The number of nitrogens with two attached hydrogens (primary N) is 1. The van der Waals surface area contributed by atoms with Crippen LogP contribution in [-0.2, 0) is 0 Å². The van der Waals surface area contributed by atoms with Gasteiger partial charge in [-0.3, -0.25) is 4.79 Å². The van der Waals surface area contributed by atoms with Crippen molar-refractivity contribution in [2.75, 3.05) is 5.73 Å². The maximum atomic E-state index is 12.1. The second-order valence-electron chi connectivity index (χ2n) is 4.30. The van der Waals surface area contributed by atoms with Crippen LogP contribution in [0.15, 0.2) is 41.0 Å². The number of furan rings is 1. The summed E-state index contributed by atoms with van der Waals surface area (Å²) in [5.74, 6) is 0.523. The molecule has 4 nitrogen and oxygen atoms in total. The van der Waals surface area contributed by atoms with Crippen LogP contribution in [0.25, 0.3) is 0 Å². The minimum absolute atomic E-state index is 0.188. The average molecular weight is 244 g/mol. The van der Waals surface area contributed by atoms with Crippen LogP contribution < -0.4 is 11.1 Å². The number of nitrogens with one attached hydrogen (secondary N) is 1. The molecule has 2 aromatic rings. The molecule has 0 aliphatic rings. The van der Waals surface area contributed by atoms with Gasteiger partial charge in [-0.2, -0.15) is 0 Å². The van der Waals surface area contributed by atoms with Crippen molar-refractivity contribution >= 4 is 11.6 Å². The maximum Gasteiger partial charge on any atom is 0.253 e. The van der Waals surface area contributed by atoms with Crippen molar-refractivity contribution in [1.29, 1.82) is 0 Å². The summed E-state index contributed by atoms with van der Waals surface area (Å²) in [5.41, 5.74) is 7.77. The van der Waals surface area contributed by atoms with Crippen LogP contribution in [0.2, 0.25) is 0 Å². The van der Waals surface area contributed by atoms with E-state index < -0.39 is 0 Å². The number of nitrogen functional groups attached to an aromatic ring is 1. The van der Waals surface area contributed by atoms with Gasteiger partial charge in [0.15, 0.2) is 0 Å². The molecule has 0 spiro atoms. The summed E-state index contributed by atoms with van der Waals surface area (Å²) in [6.45, 7) is 3.79. The maximum absolute atomic E-state index is 12.1. The Morgan fingerprint density at radius 2 is 2.17 bits per heavy atom. The van der Waals surface area contributed by atoms with Gasteiger partial charge in [0.25, 0.3) is 5.91 Å². The molecule has 1 heterocycles. The van der Waals surface area contributed by atoms with Crippen LogP contribution in [0, 0.1) is 6.92 Å². The van der Waals surface area contributed by atoms with E-state index in [-0.39, 0.29) is 11.9 Å². The third kappa shape index (κ3) is 2.53. The number of rotatable bonds is 3. The Morgan fingerprint density at radius 1 is 1.39 bits per heavy atom. The lowest BCUT2D eigenvalue weighted by Gasteiger charge is -2.13. The zero-order valence-corrected chi connectivity index (χ0v) is 10.4. The molecule has 94 valence electrons. The smallest absolute Gasteiger partial charge is 0.253 e. The first-order valence-corrected chi connectivity index (χ1v) is 5.78. The number of carbonyl (C=O) groups is 1. The first-order chi connectivity index (χ1) is 8.58. The largest absolute Gasteiger partial charge is 0.467 e. The molecule has 0 radical (unpaired) electrons. The lowest BCUT2D eigenvalue weighted by molar-refractivity contribution is 0.0936. The van der Waals surface area contributed by atoms with Gasteiger partial charge in [0.2, 0.25) is 0 Å². The minimum atomic E-state index is -0.194. The number of aryl methyl sites for hydroxylation is 1. The molecule has 4 heteroatoms. The van der Waals surface area contributed by atoms with Crippen molar-refractivity contribution in [3.63, 3.8) is 0 Å². The Labute approximate surface area is 106 Å². The fraction of sp³-hybridized carbons (Fsp3) is 0.214. The number of hydrogen-bond acceptors (Lipinski definition) is 3. The van der Waals surface area contributed by atoms with Crippen molar-refractivity contribution < 1.29 is 9.21 Å². The number of carbonyl (C=O) groups excluding carboxylic acids is 1. The van der Waals surface area contributed by atoms with E-state index in [0.29, 0.717) is 11.3 Å². The van der Waals surface area contributed by atoms with E-state index in [9.17, 15) is 4.79 Å². The van der Waals surface area contributed by atoms with Crippen molar-refractivity contribution in [2.45, 2.75) is 19.9 Å². The van der Waals surface area contributed by atoms with E-state index in [1.54, 1.807) is 24.5 Å². The lowest BCUT2D eigenvalue weighted by atomic mass is 10.1. The number of amides is 1. The van der Waals surface area contributed by atoms with E-state index in [4.69, 9.17) is 10.2 Å². The standard InChI is InChI=1S/C14H16N2O2/c1-9-5-6-12(15)11(8-9)14(17)16-10(2)13-4-3-7-18-13/h3-8,10H,15H2,1-2H3,(H,16,17)/t10-/m0/s1. The second-order valence-corrected chi connectivity index (χ2v) is 4.30. The molecule has 0 fully saturated rings. The summed E-state index contributed by atoms with van der Waals surface area (Å²) >= 11 is 0. The summed E-state index contributed by atoms with van der Waals surface area (Å²) in [5, 5.41) is 2.85. The summed E-state index contributed by atoms with van der Waals surface area (Å²) in [4.78, 5) is 12.1. The lowest BCUT2D eigenvalue weighted by Crippen LogP contribution is -2.27. The molecule has 0 saturated carbocycles. The first-order valence-electron chi connectivity index (χ1n) is 5.78. The zero-order chi connectivity index (χ0) is 13.1. The fourth-order valence-corrected chi connectivity index (χ4v) is 1.75. The molecule has 3 N–H and O–H groups in total. The highest BCUT2D eigenvalue weighted by molar-refractivity contribution is 5.99. The van der Waals surface area contributed by atoms with Crippen LogP contribution in [0.3, 0.4) is 0 Å². The quantitative estimate of drug-likeness (QED) is 0.815. The highest BCUT2D eigenvalue weighted by atomic mass is 16.3. The van der Waals surface area contributed by atoms with Crippen LogP contribution in [-0.4, -0.2) is 5.91 Å². The molecule has 0 saturated heterocycles. The van der Waals surface area contributed by atoms with E-state index in [0.717, 1.165) is 11.3 Å². The van der Waals surface area contributed by atoms with Crippen molar-refractivity contribution in [3.8, 4) is 0 Å². The molecule has 0 unspecified atom stereocenters. The normalized spacial score (nSPS) is 12.1. The summed E-state index contributed by atoms with van der Waals surface area (Å²) in [6, 6.07) is 8.82. The zero-order valence-electron chi connectivity index (χ0n) is 10.4. The summed E-state index contributed by atoms with van der Waals surface area (Å²) in [6.07, 6.45) is 1.58. The molecule has 0 aliphatic heterocycles. The van der Waals surface area contributed by atoms with E-state index in [1.807, 2.05) is 26.0 Å².